The smallest absolute Gasteiger partial charge is 0.545 e. The number of carbonyl (C=O) groups excluding carboxylic acids is 1. The van der Waals surface area contributed by atoms with Crippen LogP contribution in [-0.2, 0) is 0 Å². The van der Waals surface area contributed by atoms with Crippen molar-refractivity contribution in [1.29, 1.82) is 0 Å². The number of ether oxygens (including phenoxy) is 2. The van der Waals surface area contributed by atoms with Gasteiger partial charge >= 0.3 is 6.36 Å². The second kappa shape index (κ2) is 12.5. The molecule has 0 aliphatic carbocycles. The number of hydrogen-bond acceptors (Lipinski definition) is 4. The number of rotatable bonds is 14. The Balaban J connectivity index is 2.32. The molecule has 0 N–H and O–H groups in total. The van der Waals surface area contributed by atoms with Gasteiger partial charge in [0, 0.05) is 11.6 Å². The van der Waals surface area contributed by atoms with Crippen molar-refractivity contribution in [2.45, 2.75) is 77.5 Å². The van der Waals surface area contributed by atoms with Crippen molar-refractivity contribution in [3.05, 3.63) is 23.8 Å². The normalized spacial score (nSPS) is 11.4. The minimum Gasteiger partial charge on any atom is -0.545 e. The molecule has 1 aromatic carbocycles. The summed E-state index contributed by atoms with van der Waals surface area (Å²) in [6.07, 6.45) is 6.53. The Labute approximate surface area is 158 Å². The quantitative estimate of drug-likeness (QED) is 0.408. The molecule has 0 fully saturated rings. The number of aromatic carboxylic acids is 1. The van der Waals surface area contributed by atoms with Crippen molar-refractivity contribution in [3.63, 3.8) is 0 Å². The van der Waals surface area contributed by atoms with Crippen molar-refractivity contribution in [1.82, 2.24) is 0 Å². The van der Waals surface area contributed by atoms with Gasteiger partial charge in [-0.1, -0.05) is 64.7 Å². The molecule has 0 bridgehead atoms. The van der Waals surface area contributed by atoms with Gasteiger partial charge in [-0.15, -0.1) is 13.2 Å². The molecule has 0 radical (unpaired) electrons. The SMILES string of the molecule is CCCCCCCCCCCCOc1cc(OC(F)(F)F)ccc1C(=O)[O-]. The molecule has 0 saturated carbocycles. The zero-order valence-corrected chi connectivity index (χ0v) is 15.8. The molecule has 0 aromatic heterocycles. The molecular formula is C20H28F3O4-. The zero-order valence-electron chi connectivity index (χ0n) is 15.8. The summed E-state index contributed by atoms with van der Waals surface area (Å²) in [5.74, 6) is -2.20. The summed E-state index contributed by atoms with van der Waals surface area (Å²) in [5.41, 5.74) is -0.295. The highest BCUT2D eigenvalue weighted by Crippen LogP contribution is 2.29. The topological polar surface area (TPSA) is 58.6 Å². The van der Waals surface area contributed by atoms with Gasteiger partial charge in [-0.05, 0) is 18.6 Å². The first kappa shape index (κ1) is 23.1. The summed E-state index contributed by atoms with van der Waals surface area (Å²) < 4.78 is 46.0. The fourth-order valence-corrected chi connectivity index (χ4v) is 2.76. The molecule has 4 nitrogen and oxygen atoms in total. The lowest BCUT2D eigenvalue weighted by Gasteiger charge is -2.15. The fourth-order valence-electron chi connectivity index (χ4n) is 2.76. The average molecular weight is 389 g/mol. The molecule has 0 heterocycles. The number of halogens is 3. The molecule has 7 heteroatoms. The Morgan fingerprint density at radius 2 is 1.52 bits per heavy atom. The van der Waals surface area contributed by atoms with E-state index in [-0.39, 0.29) is 17.9 Å². The fraction of sp³-hybridized carbons (Fsp3) is 0.650. The first-order valence-corrected chi connectivity index (χ1v) is 9.57. The summed E-state index contributed by atoms with van der Waals surface area (Å²) in [6.45, 7) is 2.42. The zero-order chi connectivity index (χ0) is 20.1. The van der Waals surface area contributed by atoms with Gasteiger partial charge in [-0.25, -0.2) is 0 Å². The van der Waals surface area contributed by atoms with E-state index in [9.17, 15) is 23.1 Å². The van der Waals surface area contributed by atoms with Crippen LogP contribution in [0.3, 0.4) is 0 Å². The first-order valence-electron chi connectivity index (χ1n) is 9.57. The summed E-state index contributed by atoms with van der Waals surface area (Å²) in [4.78, 5) is 11.1. The molecule has 154 valence electrons. The highest BCUT2D eigenvalue weighted by molar-refractivity contribution is 5.89. The third-order valence-electron chi connectivity index (χ3n) is 4.16. The number of carbonyl (C=O) groups is 1. The summed E-state index contributed by atoms with van der Waals surface area (Å²) in [7, 11) is 0. The van der Waals surface area contributed by atoms with Crippen LogP contribution in [0.2, 0.25) is 0 Å². The van der Waals surface area contributed by atoms with E-state index < -0.39 is 18.1 Å². The summed E-state index contributed by atoms with van der Waals surface area (Å²) >= 11 is 0. The van der Waals surface area contributed by atoms with Gasteiger partial charge < -0.3 is 19.4 Å². The van der Waals surface area contributed by atoms with Crippen LogP contribution in [0, 0.1) is 0 Å². The molecular weight excluding hydrogens is 361 g/mol. The number of carboxylic acid groups (broad SMARTS) is 1. The molecule has 0 aliphatic rings. The number of unbranched alkanes of at least 4 members (excludes halogenated alkanes) is 9. The van der Waals surface area contributed by atoms with Gasteiger partial charge in [0.25, 0.3) is 0 Å². The molecule has 1 aromatic rings. The van der Waals surface area contributed by atoms with E-state index in [1.165, 1.54) is 38.5 Å². The van der Waals surface area contributed by atoms with Crippen LogP contribution in [0.1, 0.15) is 81.5 Å². The van der Waals surface area contributed by atoms with E-state index in [1.54, 1.807) is 0 Å². The van der Waals surface area contributed by atoms with Gasteiger partial charge in [0.05, 0.1) is 12.6 Å². The van der Waals surface area contributed by atoms with Crippen LogP contribution in [-0.4, -0.2) is 18.9 Å². The molecule has 0 spiro atoms. The Kier molecular flexibility index (Phi) is 10.7. The highest BCUT2D eigenvalue weighted by atomic mass is 19.4. The maximum Gasteiger partial charge on any atom is 0.573 e. The van der Waals surface area contributed by atoms with E-state index in [4.69, 9.17) is 4.74 Å². The van der Waals surface area contributed by atoms with Crippen LogP contribution in [0.4, 0.5) is 13.2 Å². The average Bonchev–Trinajstić information content (AvgIpc) is 2.58. The maximum atomic E-state index is 12.3. The van der Waals surface area contributed by atoms with E-state index >= 15 is 0 Å². The molecule has 0 unspecified atom stereocenters. The molecule has 0 atom stereocenters. The van der Waals surface area contributed by atoms with Crippen LogP contribution >= 0.6 is 0 Å². The van der Waals surface area contributed by atoms with Crippen molar-refractivity contribution < 1.29 is 32.5 Å². The van der Waals surface area contributed by atoms with Gasteiger partial charge in [-0.2, -0.15) is 0 Å². The Hall–Kier alpha value is -1.92. The number of benzene rings is 1. The second-order valence-electron chi connectivity index (χ2n) is 6.52. The minimum absolute atomic E-state index is 0.173. The standard InChI is InChI=1S/C20H29F3O4/c1-2-3-4-5-6-7-8-9-10-11-14-26-18-15-16(27-20(21,22)23)12-13-17(18)19(24)25/h12-13,15H,2-11,14H2,1H3,(H,24,25)/p-1. The van der Waals surface area contributed by atoms with Crippen LogP contribution in [0.25, 0.3) is 0 Å². The first-order chi connectivity index (χ1) is 12.8. The number of alkyl halides is 3. The molecule has 0 saturated heterocycles. The molecule has 27 heavy (non-hydrogen) atoms. The van der Waals surface area contributed by atoms with Gasteiger partial charge in [0.15, 0.2) is 0 Å². The minimum atomic E-state index is -4.85. The lowest BCUT2D eigenvalue weighted by atomic mass is 10.1. The number of hydrogen-bond donors (Lipinski definition) is 0. The molecule has 1 rings (SSSR count). The highest BCUT2D eigenvalue weighted by Gasteiger charge is 2.31. The van der Waals surface area contributed by atoms with E-state index in [1.807, 2.05) is 0 Å². The molecule has 0 aliphatic heterocycles. The Morgan fingerprint density at radius 1 is 0.963 bits per heavy atom. The maximum absolute atomic E-state index is 12.3. The predicted molar refractivity (Wildman–Crippen MR) is 94.8 cm³/mol. The Bertz CT molecular complexity index is 559. The van der Waals surface area contributed by atoms with Crippen molar-refractivity contribution in [3.8, 4) is 11.5 Å². The van der Waals surface area contributed by atoms with E-state index in [0.717, 1.165) is 37.5 Å². The van der Waals surface area contributed by atoms with Crippen molar-refractivity contribution >= 4 is 5.97 Å². The van der Waals surface area contributed by atoms with E-state index in [0.29, 0.717) is 6.42 Å². The third kappa shape index (κ3) is 10.7. The number of carboxylic acids is 1. The van der Waals surface area contributed by atoms with Gasteiger partial charge in [0.2, 0.25) is 0 Å². The third-order valence-corrected chi connectivity index (χ3v) is 4.16. The van der Waals surface area contributed by atoms with Crippen molar-refractivity contribution in [2.24, 2.45) is 0 Å². The summed E-state index contributed by atoms with van der Waals surface area (Å²) in [6, 6.07) is 2.84. The van der Waals surface area contributed by atoms with Crippen LogP contribution < -0.4 is 14.6 Å². The Morgan fingerprint density at radius 3 is 2.04 bits per heavy atom. The van der Waals surface area contributed by atoms with E-state index in [2.05, 4.69) is 11.7 Å². The second-order valence-corrected chi connectivity index (χ2v) is 6.52. The van der Waals surface area contributed by atoms with Gasteiger partial charge in [0.1, 0.15) is 11.5 Å². The molecule has 0 amide bonds. The summed E-state index contributed by atoms with van der Waals surface area (Å²) in [5, 5.41) is 11.1. The van der Waals surface area contributed by atoms with Gasteiger partial charge in [-0.3, -0.25) is 0 Å². The lowest BCUT2D eigenvalue weighted by Crippen LogP contribution is -2.23. The monoisotopic (exact) mass is 389 g/mol. The van der Waals surface area contributed by atoms with Crippen LogP contribution in [0.5, 0.6) is 11.5 Å². The van der Waals surface area contributed by atoms with Crippen molar-refractivity contribution in [2.75, 3.05) is 6.61 Å². The lowest BCUT2D eigenvalue weighted by molar-refractivity contribution is -0.274. The predicted octanol–water partition coefficient (Wildman–Crippen LogP) is 5.25. The van der Waals surface area contributed by atoms with Crippen LogP contribution in [0.15, 0.2) is 18.2 Å². The largest absolute Gasteiger partial charge is 0.573 e.